The molecular formula is C26H24N4O4S. The van der Waals surface area contributed by atoms with E-state index in [1.165, 1.54) is 16.4 Å². The molecule has 0 fully saturated rings. The fraction of sp³-hybridized carbons (Fsp3) is 0.154. The molecule has 0 spiro atoms. The van der Waals surface area contributed by atoms with Crippen LogP contribution in [0.3, 0.4) is 0 Å². The number of nitrogens with one attached hydrogen (secondary N) is 1. The maximum atomic E-state index is 13.0. The third kappa shape index (κ3) is 5.51. The Hall–Kier alpha value is -4.13. The van der Waals surface area contributed by atoms with E-state index in [1.807, 2.05) is 60.7 Å². The molecule has 8 nitrogen and oxygen atoms in total. The van der Waals surface area contributed by atoms with Gasteiger partial charge in [-0.1, -0.05) is 42.5 Å². The molecule has 178 valence electrons. The van der Waals surface area contributed by atoms with Crippen molar-refractivity contribution in [2.45, 2.75) is 18.0 Å². The summed E-state index contributed by atoms with van der Waals surface area (Å²) in [5.41, 5.74) is 2.55. The normalized spacial score (nSPS) is 11.3. The third-order valence-electron chi connectivity index (χ3n) is 5.40. The summed E-state index contributed by atoms with van der Waals surface area (Å²) in [6.07, 6.45) is 0. The van der Waals surface area contributed by atoms with Crippen molar-refractivity contribution in [2.75, 3.05) is 19.5 Å². The topological polar surface area (TPSA) is 108 Å². The molecule has 1 aromatic heterocycles. The summed E-state index contributed by atoms with van der Waals surface area (Å²) in [7, 11) is -0.529. The maximum absolute atomic E-state index is 13.0. The Morgan fingerprint density at radius 2 is 1.69 bits per heavy atom. The Kier molecular flexibility index (Phi) is 7.15. The highest BCUT2D eigenvalue weighted by atomic mass is 32.2. The zero-order chi connectivity index (χ0) is 24.8. The predicted octanol–water partition coefficient (Wildman–Crippen LogP) is 4.65. The van der Waals surface area contributed by atoms with Crippen LogP contribution in [0.1, 0.15) is 16.8 Å². The number of ether oxygens (including phenoxy) is 1. The van der Waals surface area contributed by atoms with Crippen molar-refractivity contribution in [2.24, 2.45) is 0 Å². The molecule has 0 aliphatic carbocycles. The van der Waals surface area contributed by atoms with Crippen LogP contribution in [-0.2, 0) is 23.1 Å². The molecule has 0 atom stereocenters. The van der Waals surface area contributed by atoms with Crippen LogP contribution in [0.25, 0.3) is 11.5 Å². The Bertz CT molecular complexity index is 1430. The molecule has 35 heavy (non-hydrogen) atoms. The number of hydrogen-bond acceptors (Lipinski definition) is 7. The molecule has 4 rings (SSSR count). The fourth-order valence-electron chi connectivity index (χ4n) is 3.44. The molecule has 4 aromatic rings. The summed E-state index contributed by atoms with van der Waals surface area (Å²) in [4.78, 5) is 4.41. The number of benzene rings is 3. The molecule has 0 aliphatic heterocycles. The van der Waals surface area contributed by atoms with Crippen molar-refractivity contribution in [3.8, 4) is 23.3 Å². The molecule has 0 amide bonds. The van der Waals surface area contributed by atoms with Crippen LogP contribution in [0.4, 0.5) is 5.88 Å². The zero-order valence-corrected chi connectivity index (χ0v) is 20.1. The Balaban J connectivity index is 1.48. The lowest BCUT2D eigenvalue weighted by Crippen LogP contribution is -2.26. The predicted molar refractivity (Wildman–Crippen MR) is 132 cm³/mol. The molecular weight excluding hydrogens is 464 g/mol. The molecule has 0 aliphatic rings. The van der Waals surface area contributed by atoms with Gasteiger partial charge in [0.05, 0.1) is 12.0 Å². The Labute approximate surface area is 204 Å². The van der Waals surface area contributed by atoms with Crippen molar-refractivity contribution < 1.29 is 17.6 Å². The first-order chi connectivity index (χ1) is 16.9. The second kappa shape index (κ2) is 10.4. The van der Waals surface area contributed by atoms with Gasteiger partial charge in [0.2, 0.25) is 27.5 Å². The van der Waals surface area contributed by atoms with Crippen LogP contribution in [-0.4, -0.2) is 31.9 Å². The maximum Gasteiger partial charge on any atom is 0.243 e. The van der Waals surface area contributed by atoms with Crippen molar-refractivity contribution in [1.29, 1.82) is 5.26 Å². The van der Waals surface area contributed by atoms with Crippen LogP contribution < -0.4 is 10.1 Å². The van der Waals surface area contributed by atoms with Crippen LogP contribution in [0.2, 0.25) is 0 Å². The van der Waals surface area contributed by atoms with Gasteiger partial charge in [-0.15, -0.1) is 0 Å². The quantitative estimate of drug-likeness (QED) is 0.365. The Morgan fingerprint density at radius 3 is 2.31 bits per heavy atom. The lowest BCUT2D eigenvalue weighted by Gasteiger charge is -2.17. The first-order valence-electron chi connectivity index (χ1n) is 10.8. The van der Waals surface area contributed by atoms with Gasteiger partial charge in [0.25, 0.3) is 0 Å². The summed E-state index contributed by atoms with van der Waals surface area (Å²) < 4.78 is 38.2. The van der Waals surface area contributed by atoms with Crippen molar-refractivity contribution >= 4 is 15.9 Å². The summed E-state index contributed by atoms with van der Waals surface area (Å²) >= 11 is 0. The van der Waals surface area contributed by atoms with Gasteiger partial charge in [0.15, 0.2) is 0 Å². The number of nitriles is 1. The highest BCUT2D eigenvalue weighted by molar-refractivity contribution is 7.89. The van der Waals surface area contributed by atoms with Gasteiger partial charge in [-0.05, 0) is 47.5 Å². The first kappa shape index (κ1) is 24.0. The smallest absolute Gasteiger partial charge is 0.243 e. The van der Waals surface area contributed by atoms with Crippen molar-refractivity contribution in [1.82, 2.24) is 9.29 Å². The van der Waals surface area contributed by atoms with E-state index < -0.39 is 10.0 Å². The minimum absolute atomic E-state index is 0.118. The molecule has 9 heteroatoms. The average Bonchev–Trinajstić information content (AvgIpc) is 3.31. The van der Waals surface area contributed by atoms with Crippen LogP contribution in [0.5, 0.6) is 5.75 Å². The lowest BCUT2D eigenvalue weighted by atomic mass is 10.2. The standard InChI is InChI=1S/C26H24N4O4S/c1-30(18-20-6-4-3-5-7-20)35(31,32)23-14-10-21(11-15-23)25-29-24(16-27)26(34-25)28-17-19-8-12-22(33-2)13-9-19/h3-15,28H,17-18H2,1-2H3. The highest BCUT2D eigenvalue weighted by Crippen LogP contribution is 2.27. The molecule has 0 bridgehead atoms. The largest absolute Gasteiger partial charge is 0.497 e. The lowest BCUT2D eigenvalue weighted by molar-refractivity contribution is 0.414. The Morgan fingerprint density at radius 1 is 1.00 bits per heavy atom. The van der Waals surface area contributed by atoms with E-state index in [4.69, 9.17) is 9.15 Å². The monoisotopic (exact) mass is 488 g/mol. The SMILES string of the molecule is COc1ccc(CNc2oc(-c3ccc(S(=O)(=O)N(C)Cc4ccccc4)cc3)nc2C#N)cc1. The van der Waals surface area contributed by atoms with E-state index >= 15 is 0 Å². The van der Waals surface area contributed by atoms with E-state index in [-0.39, 0.29) is 28.9 Å². The van der Waals surface area contributed by atoms with Gasteiger partial charge < -0.3 is 14.5 Å². The summed E-state index contributed by atoms with van der Waals surface area (Å²) in [5.74, 6) is 1.23. The third-order valence-corrected chi connectivity index (χ3v) is 7.22. The molecule has 1 heterocycles. The molecule has 3 aromatic carbocycles. The molecule has 1 N–H and O–H groups in total. The van der Waals surface area contributed by atoms with Gasteiger partial charge in [0, 0.05) is 25.7 Å². The number of hydrogen-bond donors (Lipinski definition) is 1. The summed E-state index contributed by atoms with van der Waals surface area (Å²) in [6.45, 7) is 0.692. The molecule has 0 saturated carbocycles. The van der Waals surface area contributed by atoms with Crippen LogP contribution >= 0.6 is 0 Å². The van der Waals surface area contributed by atoms with Crippen molar-refractivity contribution in [3.63, 3.8) is 0 Å². The number of anilines is 1. The van der Waals surface area contributed by atoms with E-state index in [1.54, 1.807) is 26.3 Å². The second-order valence-corrected chi connectivity index (χ2v) is 9.83. The van der Waals surface area contributed by atoms with Crippen LogP contribution in [0, 0.1) is 11.3 Å². The van der Waals surface area contributed by atoms with Crippen LogP contribution in [0.15, 0.2) is 88.2 Å². The fourth-order valence-corrected chi connectivity index (χ4v) is 4.60. The number of aromatic nitrogens is 1. The van der Waals surface area contributed by atoms with E-state index in [2.05, 4.69) is 10.3 Å². The van der Waals surface area contributed by atoms with E-state index in [9.17, 15) is 13.7 Å². The van der Waals surface area contributed by atoms with Gasteiger partial charge in [-0.3, -0.25) is 0 Å². The molecule has 0 radical (unpaired) electrons. The summed E-state index contributed by atoms with van der Waals surface area (Å²) in [5, 5.41) is 12.6. The van der Waals surface area contributed by atoms with Gasteiger partial charge in [-0.2, -0.15) is 14.6 Å². The molecule has 0 unspecified atom stereocenters. The number of sulfonamides is 1. The number of rotatable bonds is 9. The van der Waals surface area contributed by atoms with Gasteiger partial charge in [0.1, 0.15) is 11.8 Å². The van der Waals surface area contributed by atoms with Gasteiger partial charge >= 0.3 is 0 Å². The van der Waals surface area contributed by atoms with Gasteiger partial charge in [-0.25, -0.2) is 8.42 Å². The highest BCUT2D eigenvalue weighted by Gasteiger charge is 2.22. The number of oxazole rings is 1. The average molecular weight is 489 g/mol. The van der Waals surface area contributed by atoms with Crippen molar-refractivity contribution in [3.05, 3.63) is 95.7 Å². The minimum atomic E-state index is -3.68. The first-order valence-corrected chi connectivity index (χ1v) is 12.2. The zero-order valence-electron chi connectivity index (χ0n) is 19.3. The van der Waals surface area contributed by atoms with E-state index in [0.717, 1.165) is 16.9 Å². The summed E-state index contributed by atoms with van der Waals surface area (Å²) in [6, 6.07) is 25.2. The minimum Gasteiger partial charge on any atom is -0.497 e. The van der Waals surface area contributed by atoms with E-state index in [0.29, 0.717) is 12.1 Å². The molecule has 0 saturated heterocycles. The number of nitrogens with zero attached hydrogens (tertiary/aromatic N) is 3. The number of methoxy groups -OCH3 is 1. The second-order valence-electron chi connectivity index (χ2n) is 7.78.